The lowest BCUT2D eigenvalue weighted by Gasteiger charge is -2.24. The molecule has 0 amide bonds. The molecule has 0 bridgehead atoms. The molecule has 0 radical (unpaired) electrons. The van der Waals surface area contributed by atoms with Crippen molar-refractivity contribution in [1.82, 2.24) is 10.6 Å². The zero-order chi connectivity index (χ0) is 23.5. The third-order valence-electron chi connectivity index (χ3n) is 6.41. The molecule has 0 atom stereocenters. The van der Waals surface area contributed by atoms with Crippen molar-refractivity contribution in [2.45, 2.75) is 57.8 Å². The van der Waals surface area contributed by atoms with E-state index in [1.807, 2.05) is 19.3 Å². The van der Waals surface area contributed by atoms with Crippen LogP contribution in [-0.2, 0) is 0 Å². The molecule has 1 aliphatic rings. The Kier molecular flexibility index (Phi) is 9.45. The topological polar surface area (TPSA) is 24.1 Å². The largest absolute Gasteiger partial charge is 0.394 e. The highest BCUT2D eigenvalue weighted by molar-refractivity contribution is 5.65. The fourth-order valence-electron chi connectivity index (χ4n) is 4.45. The summed E-state index contributed by atoms with van der Waals surface area (Å²) in [5, 5.41) is 6.58. The van der Waals surface area contributed by atoms with Gasteiger partial charge >= 0.3 is 0 Å². The van der Waals surface area contributed by atoms with Crippen molar-refractivity contribution >= 4 is 5.70 Å². The van der Waals surface area contributed by atoms with Gasteiger partial charge in [0.05, 0.1) is 0 Å². The third kappa shape index (κ3) is 7.43. The summed E-state index contributed by atoms with van der Waals surface area (Å²) in [4.78, 5) is 0. The summed E-state index contributed by atoms with van der Waals surface area (Å²) < 4.78 is 0. The number of nitrogens with one attached hydrogen (secondary N) is 2. The van der Waals surface area contributed by atoms with E-state index in [1.165, 1.54) is 48.8 Å². The van der Waals surface area contributed by atoms with Gasteiger partial charge in [0.1, 0.15) is 0 Å². The number of hydrogen-bond donors (Lipinski definition) is 2. The van der Waals surface area contributed by atoms with E-state index in [1.54, 1.807) is 0 Å². The van der Waals surface area contributed by atoms with E-state index in [2.05, 4.69) is 85.0 Å². The predicted molar refractivity (Wildman–Crippen MR) is 143 cm³/mol. The van der Waals surface area contributed by atoms with Crippen LogP contribution in [0.5, 0.6) is 0 Å². The van der Waals surface area contributed by atoms with Gasteiger partial charge in [-0.25, -0.2) is 0 Å². The summed E-state index contributed by atoms with van der Waals surface area (Å²) in [7, 11) is 1.92. The van der Waals surface area contributed by atoms with Gasteiger partial charge in [-0.1, -0.05) is 80.2 Å². The number of aryl methyl sites for hydroxylation is 1. The van der Waals surface area contributed by atoms with Crippen LogP contribution in [0.1, 0.15) is 78.7 Å². The van der Waals surface area contributed by atoms with Gasteiger partial charge in [-0.05, 0) is 79.6 Å². The summed E-state index contributed by atoms with van der Waals surface area (Å²) in [6, 6.07) is 15.2. The normalized spacial score (nSPS) is 14.2. The lowest BCUT2D eigenvalue weighted by atomic mass is 9.81. The van der Waals surface area contributed by atoms with E-state index < -0.39 is 0 Å². The molecular formula is C31H38N2. The van der Waals surface area contributed by atoms with E-state index >= 15 is 0 Å². The summed E-state index contributed by atoms with van der Waals surface area (Å²) in [6.07, 6.45) is 12.5. The van der Waals surface area contributed by atoms with E-state index in [0.29, 0.717) is 5.92 Å². The molecule has 1 fully saturated rings. The van der Waals surface area contributed by atoms with E-state index in [-0.39, 0.29) is 0 Å². The first-order valence-electron chi connectivity index (χ1n) is 12.2. The van der Waals surface area contributed by atoms with Gasteiger partial charge in [0, 0.05) is 30.4 Å². The number of benzene rings is 2. The third-order valence-corrected chi connectivity index (χ3v) is 6.41. The van der Waals surface area contributed by atoms with Gasteiger partial charge in [-0.15, -0.1) is 0 Å². The lowest BCUT2D eigenvalue weighted by Crippen LogP contribution is -2.14. The van der Waals surface area contributed by atoms with E-state index in [4.69, 9.17) is 0 Å². The van der Waals surface area contributed by atoms with Gasteiger partial charge in [-0.3, -0.25) is 0 Å². The first kappa shape index (κ1) is 24.5. The number of rotatable bonds is 9. The summed E-state index contributed by atoms with van der Waals surface area (Å²) in [6.45, 7) is 11.2. The highest BCUT2D eigenvalue weighted by Gasteiger charge is 2.18. The van der Waals surface area contributed by atoms with Crippen molar-refractivity contribution in [3.8, 4) is 11.8 Å². The molecule has 2 aromatic rings. The molecule has 3 rings (SSSR count). The maximum atomic E-state index is 4.30. The Morgan fingerprint density at radius 2 is 1.82 bits per heavy atom. The standard InChI is InChI=1S/C31H38N2/c1-5-26(23-32-4)10-9-21-33-25(3)29-19-20-31(28-11-7-6-8-12-28)30(22-29)18-17-27-15-13-24(2)14-16-27/h5,13-16,19-20,22-23,28,32-33H,1,3,6-12,21H2,2,4H3/b26-23+. The molecule has 2 N–H and O–H groups in total. The molecule has 2 aromatic carbocycles. The highest BCUT2D eigenvalue weighted by Crippen LogP contribution is 2.35. The maximum absolute atomic E-state index is 4.30. The molecule has 1 aliphatic carbocycles. The van der Waals surface area contributed by atoms with E-state index in [0.717, 1.165) is 41.8 Å². The highest BCUT2D eigenvalue weighted by atomic mass is 14.9. The van der Waals surface area contributed by atoms with Gasteiger partial charge in [0.25, 0.3) is 0 Å². The van der Waals surface area contributed by atoms with Crippen LogP contribution in [0.15, 0.2) is 73.5 Å². The maximum Gasteiger partial charge on any atom is 0.0341 e. The van der Waals surface area contributed by atoms with Gasteiger partial charge in [0.2, 0.25) is 0 Å². The van der Waals surface area contributed by atoms with E-state index in [9.17, 15) is 0 Å². The van der Waals surface area contributed by atoms with Gasteiger partial charge in [-0.2, -0.15) is 0 Å². The Labute approximate surface area is 200 Å². The van der Waals surface area contributed by atoms with Gasteiger partial charge < -0.3 is 10.6 Å². The molecule has 0 aliphatic heterocycles. The van der Waals surface area contributed by atoms with Crippen molar-refractivity contribution in [2.75, 3.05) is 13.6 Å². The van der Waals surface area contributed by atoms with Crippen LogP contribution in [0.25, 0.3) is 5.70 Å². The average Bonchev–Trinajstić information content (AvgIpc) is 2.85. The minimum absolute atomic E-state index is 0.618. The molecule has 2 nitrogen and oxygen atoms in total. The molecule has 2 heteroatoms. The minimum atomic E-state index is 0.618. The SMILES string of the molecule is C=C/C(=C\NC)CCCNC(=C)c1ccc(C2CCCCC2)c(C#Cc2ccc(C)cc2)c1. The van der Waals surface area contributed by atoms with Crippen molar-refractivity contribution in [2.24, 2.45) is 0 Å². The first-order valence-corrected chi connectivity index (χ1v) is 12.2. The first-order chi connectivity index (χ1) is 16.1. The average molecular weight is 439 g/mol. The Morgan fingerprint density at radius 1 is 1.06 bits per heavy atom. The van der Waals surface area contributed by atoms with Crippen LogP contribution in [-0.4, -0.2) is 13.6 Å². The minimum Gasteiger partial charge on any atom is -0.394 e. The number of hydrogen-bond acceptors (Lipinski definition) is 2. The van der Waals surface area contributed by atoms with Crippen molar-refractivity contribution < 1.29 is 0 Å². The predicted octanol–water partition coefficient (Wildman–Crippen LogP) is 7.07. The van der Waals surface area contributed by atoms with Crippen molar-refractivity contribution in [3.63, 3.8) is 0 Å². The van der Waals surface area contributed by atoms with Crippen LogP contribution < -0.4 is 10.6 Å². The van der Waals surface area contributed by atoms with Crippen LogP contribution in [0.4, 0.5) is 0 Å². The molecule has 33 heavy (non-hydrogen) atoms. The van der Waals surface area contributed by atoms with Crippen LogP contribution in [0.3, 0.4) is 0 Å². The molecule has 0 saturated heterocycles. The molecule has 1 saturated carbocycles. The second kappa shape index (κ2) is 12.8. The second-order valence-corrected chi connectivity index (χ2v) is 8.97. The molecular weight excluding hydrogens is 400 g/mol. The molecule has 0 unspecified atom stereocenters. The number of allylic oxidation sites excluding steroid dienone is 2. The van der Waals surface area contributed by atoms with Gasteiger partial charge in [0.15, 0.2) is 0 Å². The lowest BCUT2D eigenvalue weighted by molar-refractivity contribution is 0.443. The fraction of sp³-hybridized carbons (Fsp3) is 0.355. The van der Waals surface area contributed by atoms with Crippen LogP contribution in [0, 0.1) is 18.8 Å². The zero-order valence-electron chi connectivity index (χ0n) is 20.3. The summed E-state index contributed by atoms with van der Waals surface area (Å²) >= 11 is 0. The fourth-order valence-corrected chi connectivity index (χ4v) is 4.45. The smallest absolute Gasteiger partial charge is 0.0341 e. The Morgan fingerprint density at radius 3 is 2.52 bits per heavy atom. The Bertz CT molecular complexity index is 1020. The molecule has 0 spiro atoms. The summed E-state index contributed by atoms with van der Waals surface area (Å²) in [5.41, 5.74) is 8.17. The molecule has 172 valence electrons. The molecule has 0 aromatic heterocycles. The van der Waals surface area contributed by atoms with Crippen molar-refractivity contribution in [1.29, 1.82) is 0 Å². The van der Waals surface area contributed by atoms with Crippen molar-refractivity contribution in [3.05, 3.63) is 101 Å². The Hall–Kier alpha value is -3.18. The monoisotopic (exact) mass is 438 g/mol. The quantitative estimate of drug-likeness (QED) is 0.248. The molecule has 0 heterocycles. The summed E-state index contributed by atoms with van der Waals surface area (Å²) in [5.74, 6) is 7.51. The van der Waals surface area contributed by atoms with Crippen LogP contribution in [0.2, 0.25) is 0 Å². The second-order valence-electron chi connectivity index (χ2n) is 8.97. The van der Waals surface area contributed by atoms with Crippen LogP contribution >= 0.6 is 0 Å². The zero-order valence-corrected chi connectivity index (χ0v) is 20.3. The Balaban J connectivity index is 1.75.